The molecule has 0 radical (unpaired) electrons. The monoisotopic (exact) mass is 571 g/mol. The number of para-hydroxylation sites is 1. The Hall–Kier alpha value is -2.78. The van der Waals surface area contributed by atoms with Crippen LogP contribution in [0.5, 0.6) is 0 Å². The van der Waals surface area contributed by atoms with E-state index in [9.17, 15) is 9.59 Å². The zero-order chi connectivity index (χ0) is 26.4. The maximum absolute atomic E-state index is 13.2. The summed E-state index contributed by atoms with van der Waals surface area (Å²) in [6, 6.07) is 12.7. The third-order valence-corrected chi connectivity index (χ3v) is 7.56. The van der Waals surface area contributed by atoms with Gasteiger partial charge >= 0.3 is 6.03 Å². The molecule has 0 bridgehead atoms. The van der Waals surface area contributed by atoms with Gasteiger partial charge in [-0.25, -0.2) is 4.79 Å². The molecule has 36 heavy (non-hydrogen) atoms. The number of urea groups is 1. The van der Waals surface area contributed by atoms with Crippen LogP contribution in [0.4, 0.5) is 15.6 Å². The molecule has 0 saturated heterocycles. The largest absolute Gasteiger partial charge is 0.326 e. The fraction of sp³-hybridized carbons (Fsp3) is 0.407. The van der Waals surface area contributed by atoms with Crippen molar-refractivity contribution in [2.24, 2.45) is 5.92 Å². The average molecular weight is 573 g/mol. The molecule has 2 aromatic carbocycles. The van der Waals surface area contributed by atoms with Crippen LogP contribution in [-0.2, 0) is 4.79 Å². The number of hydrogen-bond acceptors (Lipinski definition) is 5. The minimum atomic E-state index is -0.733. The van der Waals surface area contributed by atoms with Crippen LogP contribution >= 0.6 is 27.3 Å². The Labute approximate surface area is 225 Å². The number of anilines is 2. The summed E-state index contributed by atoms with van der Waals surface area (Å²) in [5.41, 5.74) is 3.86. The number of aromatic nitrogens is 2. The smallest absolute Gasteiger partial charge is 0.319 e. The van der Waals surface area contributed by atoms with E-state index >= 15 is 0 Å². The number of benzene rings is 2. The van der Waals surface area contributed by atoms with Crippen LogP contribution in [0, 0.1) is 5.92 Å². The molecule has 9 heteroatoms. The number of carbonyl (C=O) groups excluding carboxylic acids is 2. The second kappa shape index (κ2) is 12.5. The minimum absolute atomic E-state index is 0.0838. The highest BCUT2D eigenvalue weighted by molar-refractivity contribution is 9.10. The van der Waals surface area contributed by atoms with Crippen LogP contribution in [-0.4, -0.2) is 28.2 Å². The van der Waals surface area contributed by atoms with E-state index in [1.165, 1.54) is 11.3 Å². The zero-order valence-electron chi connectivity index (χ0n) is 21.6. The summed E-state index contributed by atoms with van der Waals surface area (Å²) in [5, 5.41) is 18.2. The van der Waals surface area contributed by atoms with Gasteiger partial charge in [-0.05, 0) is 41.0 Å². The fourth-order valence-electron chi connectivity index (χ4n) is 3.85. The van der Waals surface area contributed by atoms with Crippen molar-refractivity contribution in [3.8, 4) is 10.6 Å². The van der Waals surface area contributed by atoms with Gasteiger partial charge in [0.2, 0.25) is 11.0 Å². The van der Waals surface area contributed by atoms with Gasteiger partial charge in [-0.3, -0.25) is 10.1 Å². The van der Waals surface area contributed by atoms with Crippen LogP contribution in [0.1, 0.15) is 70.9 Å². The summed E-state index contributed by atoms with van der Waals surface area (Å²) < 4.78 is 0.974. The first-order valence-electron chi connectivity index (χ1n) is 12.2. The molecule has 0 saturated carbocycles. The summed E-state index contributed by atoms with van der Waals surface area (Å²) in [5.74, 6) is 0.0775. The number of nitrogens with zero attached hydrogens (tertiary/aromatic N) is 2. The first-order valence-corrected chi connectivity index (χ1v) is 13.8. The lowest BCUT2D eigenvalue weighted by Crippen LogP contribution is -2.49. The zero-order valence-corrected chi connectivity index (χ0v) is 24.0. The maximum Gasteiger partial charge on any atom is 0.319 e. The maximum atomic E-state index is 13.2. The number of halogens is 1. The second-order valence-corrected chi connectivity index (χ2v) is 11.4. The van der Waals surface area contributed by atoms with E-state index in [-0.39, 0.29) is 23.7 Å². The molecule has 0 spiro atoms. The summed E-state index contributed by atoms with van der Waals surface area (Å²) >= 11 is 4.72. The predicted octanol–water partition coefficient (Wildman–Crippen LogP) is 7.39. The van der Waals surface area contributed by atoms with Gasteiger partial charge in [-0.2, -0.15) is 0 Å². The Morgan fingerprint density at radius 1 is 0.917 bits per heavy atom. The lowest BCUT2D eigenvalue weighted by Gasteiger charge is -2.25. The molecule has 7 nitrogen and oxygen atoms in total. The Balaban J connectivity index is 1.76. The molecule has 0 aliphatic rings. The molecule has 3 amide bonds. The molecule has 0 aliphatic heterocycles. The third kappa shape index (κ3) is 6.91. The predicted molar refractivity (Wildman–Crippen MR) is 152 cm³/mol. The summed E-state index contributed by atoms with van der Waals surface area (Å²) in [7, 11) is 0. The minimum Gasteiger partial charge on any atom is -0.326 e. The molecule has 0 unspecified atom stereocenters. The Morgan fingerprint density at radius 3 is 2.08 bits per heavy atom. The highest BCUT2D eigenvalue weighted by atomic mass is 79.9. The van der Waals surface area contributed by atoms with Crippen LogP contribution in [0.25, 0.3) is 10.6 Å². The molecule has 0 fully saturated rings. The van der Waals surface area contributed by atoms with Crippen LogP contribution < -0.4 is 16.0 Å². The molecular formula is C27H34BrN5O2S. The number of rotatable bonds is 9. The standard InChI is InChI=1S/C27H34BrN5O2S/c1-7-17(6)22(24(34)31-27-33-32-25(36-27)18-11-13-19(28)14-12-18)29-26(35)30-23-20(15(2)3)9-8-10-21(23)16(4)5/h8-17,22H,7H2,1-6H3,(H2,29,30,35)(H,31,33,34)/t17-,22+/m0/s1. The van der Waals surface area contributed by atoms with Crippen molar-refractivity contribution in [1.82, 2.24) is 15.5 Å². The first-order chi connectivity index (χ1) is 17.1. The van der Waals surface area contributed by atoms with Gasteiger partial charge in [0.15, 0.2) is 0 Å². The number of hydrogen-bond donors (Lipinski definition) is 3. The van der Waals surface area contributed by atoms with Gasteiger partial charge in [0.25, 0.3) is 0 Å². The van der Waals surface area contributed by atoms with Crippen molar-refractivity contribution in [3.05, 3.63) is 58.1 Å². The van der Waals surface area contributed by atoms with Crippen molar-refractivity contribution < 1.29 is 9.59 Å². The molecule has 1 aromatic heterocycles. The average Bonchev–Trinajstić information content (AvgIpc) is 3.30. The topological polar surface area (TPSA) is 96.0 Å². The van der Waals surface area contributed by atoms with Gasteiger partial charge in [0, 0.05) is 15.7 Å². The van der Waals surface area contributed by atoms with Gasteiger partial charge in [-0.1, -0.05) is 106 Å². The van der Waals surface area contributed by atoms with Crippen molar-refractivity contribution in [3.63, 3.8) is 0 Å². The summed E-state index contributed by atoms with van der Waals surface area (Å²) in [4.78, 5) is 26.4. The van der Waals surface area contributed by atoms with Gasteiger partial charge in [0.05, 0.1) is 0 Å². The highest BCUT2D eigenvalue weighted by Crippen LogP contribution is 2.32. The van der Waals surface area contributed by atoms with E-state index in [1.54, 1.807) is 0 Å². The Bertz CT molecular complexity index is 1170. The van der Waals surface area contributed by atoms with E-state index in [0.29, 0.717) is 10.1 Å². The third-order valence-electron chi connectivity index (χ3n) is 6.14. The SMILES string of the molecule is CC[C@H](C)[C@@H](NC(=O)Nc1c(C(C)C)cccc1C(C)C)C(=O)Nc1nnc(-c2ccc(Br)cc2)s1. The first kappa shape index (κ1) is 27.8. The van der Waals surface area contributed by atoms with E-state index in [2.05, 4.69) is 69.8 Å². The van der Waals surface area contributed by atoms with Gasteiger partial charge < -0.3 is 10.6 Å². The molecule has 2 atom stereocenters. The lowest BCUT2D eigenvalue weighted by atomic mass is 9.92. The van der Waals surface area contributed by atoms with E-state index < -0.39 is 12.1 Å². The van der Waals surface area contributed by atoms with Crippen LogP contribution in [0.3, 0.4) is 0 Å². The molecular weight excluding hydrogens is 538 g/mol. The summed E-state index contributed by atoms with van der Waals surface area (Å²) in [6.07, 6.45) is 0.721. The Kier molecular flexibility index (Phi) is 9.62. The molecule has 3 rings (SSSR count). The Morgan fingerprint density at radius 2 is 1.53 bits per heavy atom. The number of carbonyl (C=O) groups is 2. The second-order valence-electron chi connectivity index (χ2n) is 9.49. The van der Waals surface area contributed by atoms with Crippen LogP contribution in [0.2, 0.25) is 0 Å². The van der Waals surface area contributed by atoms with E-state index in [4.69, 9.17) is 0 Å². The molecule has 3 N–H and O–H groups in total. The molecule has 192 valence electrons. The van der Waals surface area contributed by atoms with E-state index in [0.717, 1.165) is 33.3 Å². The molecule has 1 heterocycles. The van der Waals surface area contributed by atoms with Gasteiger partial charge in [0.1, 0.15) is 11.0 Å². The van der Waals surface area contributed by atoms with Crippen molar-refractivity contribution in [2.75, 3.05) is 10.6 Å². The fourth-order valence-corrected chi connectivity index (χ4v) is 4.87. The van der Waals surface area contributed by atoms with Crippen molar-refractivity contribution in [2.45, 2.75) is 65.8 Å². The van der Waals surface area contributed by atoms with Crippen LogP contribution in [0.15, 0.2) is 46.9 Å². The molecule has 3 aromatic rings. The van der Waals surface area contributed by atoms with E-state index in [1.807, 2.05) is 56.3 Å². The lowest BCUT2D eigenvalue weighted by molar-refractivity contribution is -0.119. The van der Waals surface area contributed by atoms with Crippen molar-refractivity contribution in [1.29, 1.82) is 0 Å². The molecule has 0 aliphatic carbocycles. The van der Waals surface area contributed by atoms with Gasteiger partial charge in [-0.15, -0.1) is 10.2 Å². The number of nitrogens with one attached hydrogen (secondary N) is 3. The highest BCUT2D eigenvalue weighted by Gasteiger charge is 2.28. The summed E-state index contributed by atoms with van der Waals surface area (Å²) in [6.45, 7) is 12.3. The number of amides is 3. The quantitative estimate of drug-likeness (QED) is 0.249. The van der Waals surface area contributed by atoms with Crippen molar-refractivity contribution >= 4 is 50.0 Å². The normalized spacial score (nSPS) is 12.9.